The summed E-state index contributed by atoms with van der Waals surface area (Å²) in [5, 5.41) is 3.72. The predicted octanol–water partition coefficient (Wildman–Crippen LogP) is 2.30. The van der Waals surface area contributed by atoms with E-state index in [0.29, 0.717) is 11.7 Å². The number of hydrogen-bond donors (Lipinski definition) is 2. The predicted molar refractivity (Wildman–Crippen MR) is 75.2 cm³/mol. The normalized spacial score (nSPS) is 20.2. The van der Waals surface area contributed by atoms with E-state index in [1.54, 1.807) is 0 Å². The Morgan fingerprint density at radius 2 is 2.06 bits per heavy atom. The Labute approximate surface area is 109 Å². The van der Waals surface area contributed by atoms with Gasteiger partial charge >= 0.3 is 0 Å². The summed E-state index contributed by atoms with van der Waals surface area (Å²) in [7, 11) is 0. The highest BCUT2D eigenvalue weighted by Gasteiger charge is 2.14. The summed E-state index contributed by atoms with van der Waals surface area (Å²) in [5.41, 5.74) is 5.42. The van der Waals surface area contributed by atoms with Crippen LogP contribution in [0.2, 0.25) is 0 Å². The SMILES string of the molecule is NCCCCCCC(=O)NCC1CCCCS1. The molecule has 1 rings (SSSR count). The van der Waals surface area contributed by atoms with E-state index < -0.39 is 0 Å². The van der Waals surface area contributed by atoms with Crippen molar-refractivity contribution in [2.24, 2.45) is 5.73 Å². The van der Waals surface area contributed by atoms with Crippen molar-refractivity contribution in [3.63, 3.8) is 0 Å². The van der Waals surface area contributed by atoms with Crippen molar-refractivity contribution in [2.75, 3.05) is 18.8 Å². The zero-order valence-corrected chi connectivity index (χ0v) is 11.6. The fraction of sp³-hybridized carbons (Fsp3) is 0.923. The van der Waals surface area contributed by atoms with Crippen LogP contribution in [0.4, 0.5) is 0 Å². The molecule has 1 amide bonds. The Hall–Kier alpha value is -0.220. The number of nitrogens with two attached hydrogens (primary N) is 1. The van der Waals surface area contributed by atoms with E-state index in [2.05, 4.69) is 5.32 Å². The molecule has 0 radical (unpaired) electrons. The highest BCUT2D eigenvalue weighted by molar-refractivity contribution is 7.99. The first-order valence-corrected chi connectivity index (χ1v) is 7.96. The van der Waals surface area contributed by atoms with E-state index in [1.807, 2.05) is 11.8 Å². The molecule has 1 heterocycles. The molecule has 0 spiro atoms. The van der Waals surface area contributed by atoms with Gasteiger partial charge in [-0.2, -0.15) is 11.8 Å². The lowest BCUT2D eigenvalue weighted by Gasteiger charge is -2.21. The number of thioether (sulfide) groups is 1. The second kappa shape index (κ2) is 9.77. The molecule has 3 nitrogen and oxygen atoms in total. The fourth-order valence-corrected chi connectivity index (χ4v) is 3.31. The lowest BCUT2D eigenvalue weighted by Crippen LogP contribution is -2.31. The Morgan fingerprint density at radius 1 is 1.24 bits per heavy atom. The molecule has 100 valence electrons. The molecular formula is C13H26N2OS. The summed E-state index contributed by atoms with van der Waals surface area (Å²) in [6.45, 7) is 1.64. The molecule has 0 aromatic heterocycles. The molecule has 1 fully saturated rings. The Kier molecular flexibility index (Phi) is 8.53. The maximum atomic E-state index is 11.6. The molecule has 0 saturated carbocycles. The monoisotopic (exact) mass is 258 g/mol. The van der Waals surface area contributed by atoms with Crippen molar-refractivity contribution < 1.29 is 4.79 Å². The third-order valence-electron chi connectivity index (χ3n) is 3.16. The molecule has 1 aliphatic heterocycles. The van der Waals surface area contributed by atoms with Gasteiger partial charge in [-0.3, -0.25) is 4.79 Å². The molecule has 0 aromatic rings. The van der Waals surface area contributed by atoms with Crippen LogP contribution in [-0.2, 0) is 4.79 Å². The molecule has 1 unspecified atom stereocenters. The highest BCUT2D eigenvalue weighted by atomic mass is 32.2. The number of unbranched alkanes of at least 4 members (excludes halogenated alkanes) is 3. The summed E-state index contributed by atoms with van der Waals surface area (Å²) >= 11 is 2.01. The minimum atomic E-state index is 0.226. The topological polar surface area (TPSA) is 55.1 Å². The van der Waals surface area contributed by atoms with Gasteiger partial charge < -0.3 is 11.1 Å². The largest absolute Gasteiger partial charge is 0.355 e. The van der Waals surface area contributed by atoms with Crippen LogP contribution < -0.4 is 11.1 Å². The second-order valence-corrected chi connectivity index (χ2v) is 6.15. The number of hydrogen-bond acceptors (Lipinski definition) is 3. The molecule has 1 atom stereocenters. The molecule has 1 aliphatic rings. The summed E-state index contributed by atoms with van der Waals surface area (Å²) in [4.78, 5) is 11.6. The average molecular weight is 258 g/mol. The first-order chi connectivity index (χ1) is 8.33. The van der Waals surface area contributed by atoms with Crippen LogP contribution in [0.5, 0.6) is 0 Å². The van der Waals surface area contributed by atoms with Gasteiger partial charge in [-0.1, -0.05) is 19.3 Å². The van der Waals surface area contributed by atoms with Gasteiger partial charge in [-0.05, 0) is 38.0 Å². The fourth-order valence-electron chi connectivity index (χ4n) is 2.07. The van der Waals surface area contributed by atoms with E-state index in [0.717, 1.165) is 38.8 Å². The van der Waals surface area contributed by atoms with Gasteiger partial charge in [0.05, 0.1) is 0 Å². The third-order valence-corrected chi connectivity index (χ3v) is 4.56. The van der Waals surface area contributed by atoms with Crippen LogP contribution in [0.25, 0.3) is 0 Å². The van der Waals surface area contributed by atoms with Crippen molar-refractivity contribution in [1.82, 2.24) is 5.32 Å². The van der Waals surface area contributed by atoms with Gasteiger partial charge in [0.2, 0.25) is 5.91 Å². The van der Waals surface area contributed by atoms with Crippen molar-refractivity contribution in [3.8, 4) is 0 Å². The van der Waals surface area contributed by atoms with Gasteiger partial charge in [0.15, 0.2) is 0 Å². The molecule has 1 saturated heterocycles. The van der Waals surface area contributed by atoms with Crippen molar-refractivity contribution >= 4 is 17.7 Å². The Bertz CT molecular complexity index is 206. The van der Waals surface area contributed by atoms with Crippen LogP contribution in [0.3, 0.4) is 0 Å². The first kappa shape index (κ1) is 14.8. The number of rotatable bonds is 8. The van der Waals surface area contributed by atoms with Gasteiger partial charge in [0.1, 0.15) is 0 Å². The average Bonchev–Trinajstić information content (AvgIpc) is 2.37. The van der Waals surface area contributed by atoms with Crippen molar-refractivity contribution in [3.05, 3.63) is 0 Å². The van der Waals surface area contributed by atoms with Crippen LogP contribution >= 0.6 is 11.8 Å². The molecule has 0 bridgehead atoms. The molecule has 17 heavy (non-hydrogen) atoms. The second-order valence-electron chi connectivity index (χ2n) is 4.75. The summed E-state index contributed by atoms with van der Waals surface area (Å²) < 4.78 is 0. The zero-order chi connectivity index (χ0) is 12.3. The number of nitrogens with one attached hydrogen (secondary N) is 1. The van der Waals surface area contributed by atoms with E-state index in [9.17, 15) is 4.79 Å². The van der Waals surface area contributed by atoms with Gasteiger partial charge in [0, 0.05) is 18.2 Å². The van der Waals surface area contributed by atoms with Gasteiger partial charge in [-0.15, -0.1) is 0 Å². The molecule has 4 heteroatoms. The molecule has 3 N–H and O–H groups in total. The van der Waals surface area contributed by atoms with Crippen LogP contribution in [0.15, 0.2) is 0 Å². The lowest BCUT2D eigenvalue weighted by atomic mass is 10.1. The standard InChI is InChI=1S/C13H26N2OS/c14-9-5-2-1-3-8-13(16)15-11-12-7-4-6-10-17-12/h12H,1-11,14H2,(H,15,16). The first-order valence-electron chi connectivity index (χ1n) is 6.91. The van der Waals surface area contributed by atoms with E-state index in [4.69, 9.17) is 5.73 Å². The summed E-state index contributed by atoms with van der Waals surface area (Å²) in [6, 6.07) is 0. The number of carbonyl (C=O) groups excluding carboxylic acids is 1. The maximum Gasteiger partial charge on any atom is 0.220 e. The highest BCUT2D eigenvalue weighted by Crippen LogP contribution is 2.24. The van der Waals surface area contributed by atoms with E-state index in [1.165, 1.54) is 25.0 Å². The minimum Gasteiger partial charge on any atom is -0.355 e. The maximum absolute atomic E-state index is 11.6. The quantitative estimate of drug-likeness (QED) is 0.657. The Balaban J connectivity index is 1.93. The zero-order valence-electron chi connectivity index (χ0n) is 10.7. The van der Waals surface area contributed by atoms with E-state index in [-0.39, 0.29) is 5.91 Å². The summed E-state index contributed by atoms with van der Waals surface area (Å²) in [6.07, 6.45) is 8.99. The van der Waals surface area contributed by atoms with E-state index >= 15 is 0 Å². The van der Waals surface area contributed by atoms with Crippen LogP contribution in [-0.4, -0.2) is 30.0 Å². The van der Waals surface area contributed by atoms with Crippen LogP contribution in [0, 0.1) is 0 Å². The summed E-state index contributed by atoms with van der Waals surface area (Å²) in [5.74, 6) is 1.49. The smallest absolute Gasteiger partial charge is 0.220 e. The Morgan fingerprint density at radius 3 is 2.76 bits per heavy atom. The minimum absolute atomic E-state index is 0.226. The van der Waals surface area contributed by atoms with Crippen molar-refractivity contribution in [2.45, 2.75) is 56.6 Å². The van der Waals surface area contributed by atoms with Crippen LogP contribution in [0.1, 0.15) is 51.4 Å². The number of carbonyl (C=O) groups is 1. The third kappa shape index (κ3) is 7.66. The van der Waals surface area contributed by atoms with Crippen molar-refractivity contribution in [1.29, 1.82) is 0 Å². The van der Waals surface area contributed by atoms with Gasteiger partial charge in [0.25, 0.3) is 0 Å². The number of amides is 1. The molecule has 0 aliphatic carbocycles. The lowest BCUT2D eigenvalue weighted by molar-refractivity contribution is -0.121. The van der Waals surface area contributed by atoms with Gasteiger partial charge in [-0.25, -0.2) is 0 Å². The molecular weight excluding hydrogens is 232 g/mol. The molecule has 0 aromatic carbocycles.